The first-order chi connectivity index (χ1) is 7.50. The van der Waals surface area contributed by atoms with Crippen molar-refractivity contribution >= 4 is 5.91 Å². The lowest BCUT2D eigenvalue weighted by molar-refractivity contribution is -0.128. The van der Waals surface area contributed by atoms with Gasteiger partial charge in [-0.15, -0.1) is 0 Å². The molecule has 2 unspecified atom stereocenters. The van der Waals surface area contributed by atoms with Gasteiger partial charge in [0, 0.05) is 33.1 Å². The highest BCUT2D eigenvalue weighted by Gasteiger charge is 2.22. The smallest absolute Gasteiger partial charge is 0.222 e. The van der Waals surface area contributed by atoms with E-state index in [1.807, 2.05) is 14.1 Å². The zero-order valence-corrected chi connectivity index (χ0v) is 10.8. The molecule has 16 heavy (non-hydrogen) atoms. The van der Waals surface area contributed by atoms with E-state index in [2.05, 4.69) is 11.8 Å². The molecule has 94 valence electrons. The number of rotatable bonds is 4. The van der Waals surface area contributed by atoms with Gasteiger partial charge in [0.05, 0.1) is 0 Å². The normalized spacial score (nSPS) is 26.8. The van der Waals surface area contributed by atoms with E-state index in [-0.39, 0.29) is 5.91 Å². The van der Waals surface area contributed by atoms with Gasteiger partial charge < -0.3 is 15.5 Å². The lowest BCUT2D eigenvalue weighted by atomic mass is 9.95. The van der Waals surface area contributed by atoms with Crippen LogP contribution >= 0.6 is 0 Å². The number of carbonyl (C=O) groups excluding carboxylic acids is 1. The van der Waals surface area contributed by atoms with E-state index in [4.69, 9.17) is 5.73 Å². The van der Waals surface area contributed by atoms with Crippen molar-refractivity contribution in [2.45, 2.75) is 32.2 Å². The van der Waals surface area contributed by atoms with Crippen LogP contribution in [-0.2, 0) is 4.79 Å². The number of hydrogen-bond donors (Lipinski definition) is 1. The van der Waals surface area contributed by atoms with Gasteiger partial charge in [0.1, 0.15) is 0 Å². The highest BCUT2D eigenvalue weighted by molar-refractivity contribution is 5.75. The van der Waals surface area contributed by atoms with Crippen LogP contribution in [0.25, 0.3) is 0 Å². The first-order valence-electron chi connectivity index (χ1n) is 6.18. The summed E-state index contributed by atoms with van der Waals surface area (Å²) in [6.45, 7) is 5.40. The van der Waals surface area contributed by atoms with Crippen molar-refractivity contribution < 1.29 is 4.79 Å². The number of hydrogen-bond acceptors (Lipinski definition) is 3. The maximum Gasteiger partial charge on any atom is 0.222 e. The Morgan fingerprint density at radius 3 is 2.75 bits per heavy atom. The molecule has 1 fully saturated rings. The Balaban J connectivity index is 2.16. The van der Waals surface area contributed by atoms with E-state index < -0.39 is 0 Å². The molecule has 2 atom stereocenters. The predicted molar refractivity (Wildman–Crippen MR) is 66.1 cm³/mol. The summed E-state index contributed by atoms with van der Waals surface area (Å²) in [5, 5.41) is 0. The summed E-state index contributed by atoms with van der Waals surface area (Å²) < 4.78 is 0. The van der Waals surface area contributed by atoms with E-state index >= 15 is 0 Å². The summed E-state index contributed by atoms with van der Waals surface area (Å²) >= 11 is 0. The summed E-state index contributed by atoms with van der Waals surface area (Å²) in [5.41, 5.74) is 5.97. The van der Waals surface area contributed by atoms with Crippen LogP contribution in [0.5, 0.6) is 0 Å². The third kappa shape index (κ3) is 4.10. The van der Waals surface area contributed by atoms with E-state index in [9.17, 15) is 4.79 Å². The van der Waals surface area contributed by atoms with Crippen LogP contribution in [0.1, 0.15) is 26.2 Å². The Hall–Kier alpha value is -0.610. The summed E-state index contributed by atoms with van der Waals surface area (Å²) in [5.74, 6) is 0.806. The fraction of sp³-hybridized carbons (Fsp3) is 0.917. The quantitative estimate of drug-likeness (QED) is 0.762. The molecule has 2 N–H and O–H groups in total. The van der Waals surface area contributed by atoms with E-state index in [1.165, 1.54) is 0 Å². The molecule has 1 rings (SSSR count). The van der Waals surface area contributed by atoms with Crippen molar-refractivity contribution in [3.8, 4) is 0 Å². The molecule has 4 nitrogen and oxygen atoms in total. The van der Waals surface area contributed by atoms with Crippen molar-refractivity contribution in [1.29, 1.82) is 0 Å². The summed E-state index contributed by atoms with van der Waals surface area (Å²) in [7, 11) is 3.62. The van der Waals surface area contributed by atoms with Gasteiger partial charge in [-0.25, -0.2) is 0 Å². The predicted octanol–water partition coefficient (Wildman–Crippen LogP) is 0.524. The molecule has 0 aromatic carbocycles. The van der Waals surface area contributed by atoms with Gasteiger partial charge in [-0.1, -0.05) is 6.92 Å². The zero-order chi connectivity index (χ0) is 12.1. The zero-order valence-electron chi connectivity index (χ0n) is 10.8. The standard InChI is InChI=1S/C12H25N3O/c1-10-9-15(8-6-11(10)13)7-4-5-12(16)14(2)3/h10-11H,4-9,13H2,1-3H3. The fourth-order valence-corrected chi connectivity index (χ4v) is 2.13. The van der Waals surface area contributed by atoms with Crippen LogP contribution in [0.4, 0.5) is 0 Å². The van der Waals surface area contributed by atoms with Gasteiger partial charge >= 0.3 is 0 Å². The number of amides is 1. The fourth-order valence-electron chi connectivity index (χ4n) is 2.13. The van der Waals surface area contributed by atoms with Gasteiger partial charge in [-0.05, 0) is 31.8 Å². The van der Waals surface area contributed by atoms with Gasteiger partial charge in [0.25, 0.3) is 0 Å². The molecular formula is C12H25N3O. The molecule has 0 bridgehead atoms. The van der Waals surface area contributed by atoms with Crippen molar-refractivity contribution in [2.75, 3.05) is 33.7 Å². The minimum atomic E-state index is 0.224. The van der Waals surface area contributed by atoms with Crippen molar-refractivity contribution in [3.63, 3.8) is 0 Å². The third-order valence-corrected chi connectivity index (χ3v) is 3.42. The minimum Gasteiger partial charge on any atom is -0.349 e. The molecule has 1 amide bonds. The molecule has 0 aromatic heterocycles. The molecule has 0 radical (unpaired) electrons. The third-order valence-electron chi connectivity index (χ3n) is 3.42. The lowest BCUT2D eigenvalue weighted by Gasteiger charge is -2.35. The van der Waals surface area contributed by atoms with Crippen molar-refractivity contribution in [3.05, 3.63) is 0 Å². The van der Waals surface area contributed by atoms with Crippen molar-refractivity contribution in [2.24, 2.45) is 11.7 Å². The Kier molecular flexibility index (Phi) is 5.22. The average Bonchev–Trinajstić information content (AvgIpc) is 2.23. The molecule has 0 spiro atoms. The van der Waals surface area contributed by atoms with Gasteiger partial charge in [-0.3, -0.25) is 4.79 Å². The second-order valence-electron chi connectivity index (χ2n) is 5.12. The van der Waals surface area contributed by atoms with Crippen LogP contribution in [0.3, 0.4) is 0 Å². The van der Waals surface area contributed by atoms with Gasteiger partial charge in [0.15, 0.2) is 0 Å². The first-order valence-corrected chi connectivity index (χ1v) is 6.18. The van der Waals surface area contributed by atoms with E-state index in [1.54, 1.807) is 4.90 Å². The highest BCUT2D eigenvalue weighted by Crippen LogP contribution is 2.15. The largest absolute Gasteiger partial charge is 0.349 e. The van der Waals surface area contributed by atoms with Gasteiger partial charge in [-0.2, -0.15) is 0 Å². The molecule has 1 aliphatic heterocycles. The molecule has 1 heterocycles. The number of nitrogens with zero attached hydrogens (tertiary/aromatic N) is 2. The molecule has 1 saturated heterocycles. The maximum absolute atomic E-state index is 11.4. The molecule has 0 aromatic rings. The molecule has 0 aliphatic carbocycles. The number of carbonyl (C=O) groups is 1. The summed E-state index contributed by atoms with van der Waals surface area (Å²) in [6, 6.07) is 0.361. The van der Waals surface area contributed by atoms with Crippen LogP contribution in [0, 0.1) is 5.92 Å². The summed E-state index contributed by atoms with van der Waals surface area (Å²) in [6.07, 6.45) is 2.70. The summed E-state index contributed by atoms with van der Waals surface area (Å²) in [4.78, 5) is 15.5. The minimum absolute atomic E-state index is 0.224. The molecule has 0 saturated carbocycles. The average molecular weight is 227 g/mol. The van der Waals surface area contributed by atoms with Gasteiger partial charge in [0.2, 0.25) is 5.91 Å². The number of piperidine rings is 1. The second-order valence-corrected chi connectivity index (χ2v) is 5.12. The van der Waals surface area contributed by atoms with E-state index in [0.717, 1.165) is 32.5 Å². The lowest BCUT2D eigenvalue weighted by Crippen LogP contribution is -2.46. The topological polar surface area (TPSA) is 49.6 Å². The van der Waals surface area contributed by atoms with Crippen LogP contribution < -0.4 is 5.73 Å². The Labute approximate surface area is 98.8 Å². The SMILES string of the molecule is CC1CN(CCCC(=O)N(C)C)CCC1N. The Bertz CT molecular complexity index is 230. The van der Waals surface area contributed by atoms with E-state index in [0.29, 0.717) is 18.4 Å². The molecular weight excluding hydrogens is 202 g/mol. The Morgan fingerprint density at radius 1 is 1.50 bits per heavy atom. The van der Waals surface area contributed by atoms with Crippen LogP contribution in [-0.4, -0.2) is 55.5 Å². The maximum atomic E-state index is 11.4. The molecule has 1 aliphatic rings. The first kappa shape index (κ1) is 13.5. The second kappa shape index (κ2) is 6.21. The monoisotopic (exact) mass is 227 g/mol. The van der Waals surface area contributed by atoms with Crippen LogP contribution in [0.15, 0.2) is 0 Å². The van der Waals surface area contributed by atoms with Crippen molar-refractivity contribution in [1.82, 2.24) is 9.80 Å². The number of nitrogens with two attached hydrogens (primary N) is 1. The Morgan fingerprint density at radius 2 is 2.19 bits per heavy atom. The number of likely N-dealkylation sites (tertiary alicyclic amines) is 1. The highest BCUT2D eigenvalue weighted by atomic mass is 16.2. The molecule has 4 heteroatoms. The van der Waals surface area contributed by atoms with Crippen LogP contribution in [0.2, 0.25) is 0 Å².